The standard InChI is InChI=1S/C25H45N5O5.4H2S/c1-23(2,3)13-17(20(33)27-16(14-31)12-15-10-11-26-19(15)32)28-21(34)18(24(4,5)6)29-22(35)30-25(7,8)9;;;;/h14-18H,10-13H2,1-9H3,(H,26,32)(H,27,33)(H,28,34)(H2,29,30,35);4*1H2/t15-,16-,17-,18+;;;;/m0..../s1. The molecule has 39 heavy (non-hydrogen) atoms. The van der Waals surface area contributed by atoms with Gasteiger partial charge in [0, 0.05) is 18.0 Å². The average molecular weight is 632 g/mol. The molecule has 5 N–H and O–H groups in total. The Hall–Kier alpha value is -1.25. The molecule has 0 aliphatic carbocycles. The fraction of sp³-hybridized carbons (Fsp3) is 0.800. The third kappa shape index (κ3) is 17.2. The maximum atomic E-state index is 13.3. The molecule has 232 valence electrons. The van der Waals surface area contributed by atoms with Crippen LogP contribution in [0.25, 0.3) is 0 Å². The van der Waals surface area contributed by atoms with Crippen LogP contribution in [-0.2, 0) is 19.2 Å². The van der Waals surface area contributed by atoms with Crippen molar-refractivity contribution in [2.75, 3.05) is 6.54 Å². The number of amides is 5. The third-order valence-corrected chi connectivity index (χ3v) is 5.53. The second-order valence-electron chi connectivity index (χ2n) is 12.7. The van der Waals surface area contributed by atoms with Crippen molar-refractivity contribution in [1.29, 1.82) is 0 Å². The summed E-state index contributed by atoms with van der Waals surface area (Å²) in [7, 11) is 0. The van der Waals surface area contributed by atoms with Gasteiger partial charge in [-0.1, -0.05) is 41.5 Å². The molecule has 1 aliphatic heterocycles. The molecule has 0 aromatic heterocycles. The van der Waals surface area contributed by atoms with Crippen LogP contribution in [0.4, 0.5) is 4.79 Å². The van der Waals surface area contributed by atoms with E-state index in [0.717, 1.165) is 0 Å². The first-order chi connectivity index (χ1) is 15.8. The zero-order chi connectivity index (χ0) is 27.2. The van der Waals surface area contributed by atoms with E-state index < -0.39 is 46.9 Å². The van der Waals surface area contributed by atoms with Crippen LogP contribution in [0.3, 0.4) is 0 Å². The minimum Gasteiger partial charge on any atom is -0.356 e. The highest BCUT2D eigenvalue weighted by molar-refractivity contribution is 7.59. The number of nitrogens with one attached hydrogen (secondary N) is 5. The molecule has 4 atom stereocenters. The van der Waals surface area contributed by atoms with Crippen LogP contribution in [0.2, 0.25) is 0 Å². The largest absolute Gasteiger partial charge is 0.356 e. The van der Waals surface area contributed by atoms with Gasteiger partial charge < -0.3 is 31.4 Å². The van der Waals surface area contributed by atoms with Gasteiger partial charge in [0.1, 0.15) is 18.4 Å². The highest BCUT2D eigenvalue weighted by Crippen LogP contribution is 2.24. The predicted octanol–water partition coefficient (Wildman–Crippen LogP) is 2.08. The first-order valence-electron chi connectivity index (χ1n) is 12.2. The fourth-order valence-electron chi connectivity index (χ4n) is 3.87. The fourth-order valence-corrected chi connectivity index (χ4v) is 3.87. The molecule has 0 bridgehead atoms. The van der Waals surface area contributed by atoms with Crippen LogP contribution in [0.1, 0.15) is 81.6 Å². The normalized spacial score (nSPS) is 17.2. The molecule has 1 rings (SSSR count). The number of hydrogen-bond acceptors (Lipinski definition) is 5. The molecule has 10 nitrogen and oxygen atoms in total. The maximum absolute atomic E-state index is 13.3. The van der Waals surface area contributed by atoms with Crippen LogP contribution in [0, 0.1) is 16.7 Å². The first kappa shape index (κ1) is 44.8. The van der Waals surface area contributed by atoms with E-state index in [2.05, 4.69) is 26.6 Å². The molecular weight excluding hydrogens is 579 g/mol. The van der Waals surface area contributed by atoms with E-state index in [-0.39, 0.29) is 77.6 Å². The Morgan fingerprint density at radius 1 is 0.897 bits per heavy atom. The monoisotopic (exact) mass is 631 g/mol. The second-order valence-corrected chi connectivity index (χ2v) is 12.7. The molecular formula is C25H53N5O5S4. The van der Waals surface area contributed by atoms with Gasteiger partial charge in [-0.3, -0.25) is 14.4 Å². The summed E-state index contributed by atoms with van der Waals surface area (Å²) in [5.74, 6) is -1.46. The summed E-state index contributed by atoms with van der Waals surface area (Å²) in [4.78, 5) is 62.5. The minimum atomic E-state index is -0.931. The van der Waals surface area contributed by atoms with E-state index >= 15 is 0 Å². The Morgan fingerprint density at radius 3 is 1.82 bits per heavy atom. The van der Waals surface area contributed by atoms with Crippen LogP contribution in [0.5, 0.6) is 0 Å². The number of carbonyl (C=O) groups excluding carboxylic acids is 5. The Kier molecular flexibility index (Phi) is 20.9. The number of hydrogen-bond donors (Lipinski definition) is 5. The van der Waals surface area contributed by atoms with Crippen molar-refractivity contribution in [2.45, 2.75) is 105 Å². The van der Waals surface area contributed by atoms with Gasteiger partial charge in [-0.15, -0.1) is 0 Å². The zero-order valence-corrected chi connectivity index (χ0v) is 28.8. The SMILES string of the molecule is CC(C)(C)C[C@H](NC(=O)[C@@H](NC(=O)NC(C)(C)C)C(C)(C)C)C(=O)N[C@H](C=O)C[C@@H]1CCNC1=O.S.S.S.S. The topological polar surface area (TPSA) is 146 Å². The van der Waals surface area contributed by atoms with Gasteiger partial charge in [-0.05, 0) is 50.9 Å². The van der Waals surface area contributed by atoms with Crippen molar-refractivity contribution in [3.05, 3.63) is 0 Å². The van der Waals surface area contributed by atoms with Gasteiger partial charge >= 0.3 is 6.03 Å². The molecule has 0 saturated carbocycles. The Balaban J connectivity index is -0.00000153. The molecule has 1 heterocycles. The van der Waals surface area contributed by atoms with Crippen molar-refractivity contribution in [3.8, 4) is 0 Å². The molecule has 1 aliphatic rings. The van der Waals surface area contributed by atoms with Crippen LogP contribution in [-0.4, -0.2) is 60.2 Å². The van der Waals surface area contributed by atoms with Crippen LogP contribution in [0.15, 0.2) is 0 Å². The van der Waals surface area contributed by atoms with Gasteiger partial charge in [-0.2, -0.15) is 54.0 Å². The van der Waals surface area contributed by atoms with Crippen molar-refractivity contribution < 1.29 is 24.0 Å². The van der Waals surface area contributed by atoms with E-state index in [1.165, 1.54) is 0 Å². The number of aldehydes is 1. The lowest BCUT2D eigenvalue weighted by atomic mass is 9.84. The van der Waals surface area contributed by atoms with Gasteiger partial charge in [0.05, 0.1) is 6.04 Å². The van der Waals surface area contributed by atoms with Crippen molar-refractivity contribution in [2.24, 2.45) is 16.7 Å². The van der Waals surface area contributed by atoms with Gasteiger partial charge in [0.15, 0.2) is 0 Å². The molecule has 1 saturated heterocycles. The summed E-state index contributed by atoms with van der Waals surface area (Å²) in [6.07, 6.45) is 1.74. The smallest absolute Gasteiger partial charge is 0.315 e. The molecule has 14 heteroatoms. The Labute approximate surface area is 262 Å². The lowest BCUT2D eigenvalue weighted by Gasteiger charge is -2.34. The Morgan fingerprint density at radius 2 is 1.44 bits per heavy atom. The summed E-state index contributed by atoms with van der Waals surface area (Å²) in [6, 6.07) is -3.17. The maximum Gasteiger partial charge on any atom is 0.315 e. The van der Waals surface area contributed by atoms with Crippen LogP contribution >= 0.6 is 54.0 Å². The lowest BCUT2D eigenvalue weighted by molar-refractivity contribution is -0.133. The minimum absolute atomic E-state index is 0. The number of rotatable bonds is 9. The van der Waals surface area contributed by atoms with E-state index in [1.807, 2.05) is 62.3 Å². The van der Waals surface area contributed by atoms with Crippen LogP contribution < -0.4 is 26.6 Å². The van der Waals surface area contributed by atoms with Gasteiger partial charge in [0.2, 0.25) is 17.7 Å². The zero-order valence-electron chi connectivity index (χ0n) is 24.8. The summed E-state index contributed by atoms with van der Waals surface area (Å²) < 4.78 is 0. The van der Waals surface area contributed by atoms with Gasteiger partial charge in [-0.25, -0.2) is 4.79 Å². The summed E-state index contributed by atoms with van der Waals surface area (Å²) in [5, 5.41) is 13.7. The quantitative estimate of drug-likeness (QED) is 0.248. The summed E-state index contributed by atoms with van der Waals surface area (Å²) in [5.41, 5.74) is -1.44. The third-order valence-electron chi connectivity index (χ3n) is 5.53. The van der Waals surface area contributed by atoms with E-state index in [9.17, 15) is 24.0 Å². The summed E-state index contributed by atoms with van der Waals surface area (Å²) in [6.45, 7) is 17.3. The highest BCUT2D eigenvalue weighted by atomic mass is 32.1. The number of carbonyl (C=O) groups is 5. The van der Waals surface area contributed by atoms with E-state index in [4.69, 9.17) is 0 Å². The molecule has 0 radical (unpaired) electrons. The van der Waals surface area contributed by atoms with Crippen molar-refractivity contribution in [3.63, 3.8) is 0 Å². The van der Waals surface area contributed by atoms with E-state index in [0.29, 0.717) is 25.7 Å². The highest BCUT2D eigenvalue weighted by Gasteiger charge is 2.37. The lowest BCUT2D eigenvalue weighted by Crippen LogP contribution is -2.61. The van der Waals surface area contributed by atoms with Crippen molar-refractivity contribution >= 4 is 84.0 Å². The Bertz CT molecular complexity index is 810. The summed E-state index contributed by atoms with van der Waals surface area (Å²) >= 11 is 0. The molecule has 0 aromatic carbocycles. The molecule has 0 spiro atoms. The average Bonchev–Trinajstić information content (AvgIpc) is 3.06. The second kappa shape index (κ2) is 18.2. The molecule has 5 amide bonds. The van der Waals surface area contributed by atoms with Gasteiger partial charge in [0.25, 0.3) is 0 Å². The molecule has 0 aromatic rings. The predicted molar refractivity (Wildman–Crippen MR) is 176 cm³/mol. The first-order valence-corrected chi connectivity index (χ1v) is 12.2. The molecule has 1 fully saturated rings. The van der Waals surface area contributed by atoms with Crippen molar-refractivity contribution in [1.82, 2.24) is 26.6 Å². The number of urea groups is 1. The van der Waals surface area contributed by atoms with E-state index in [1.54, 1.807) is 0 Å². The molecule has 0 unspecified atom stereocenters.